The number of benzene rings is 3. The van der Waals surface area contributed by atoms with Gasteiger partial charge in [0.1, 0.15) is 0 Å². The van der Waals surface area contributed by atoms with Gasteiger partial charge in [-0.2, -0.15) is 0 Å². The van der Waals surface area contributed by atoms with Gasteiger partial charge in [-0.3, -0.25) is 0 Å². The zero-order valence-corrected chi connectivity index (χ0v) is 15.9. The standard InChI is InChI=1S/C21H23PSi/c1-23(2,3)21-17-11-10-16-20(21)22(18-12-6-4-7-13-18)19-14-8-5-9-15-19/h4-17H,1-3H3. The quantitative estimate of drug-likeness (QED) is 0.500. The summed E-state index contributed by atoms with van der Waals surface area (Å²) in [6, 6.07) is 31.0. The van der Waals surface area contributed by atoms with Crippen molar-refractivity contribution in [1.82, 2.24) is 0 Å². The number of hydrogen-bond donors (Lipinski definition) is 0. The molecule has 2 heteroatoms. The molecule has 23 heavy (non-hydrogen) atoms. The number of rotatable bonds is 4. The fourth-order valence-corrected chi connectivity index (χ4v) is 8.02. The summed E-state index contributed by atoms with van der Waals surface area (Å²) in [7, 11) is -1.89. The second-order valence-electron chi connectivity index (χ2n) is 6.77. The lowest BCUT2D eigenvalue weighted by atomic mass is 10.3. The average molecular weight is 334 g/mol. The molecule has 0 fully saturated rings. The van der Waals surface area contributed by atoms with Crippen molar-refractivity contribution >= 4 is 37.1 Å². The van der Waals surface area contributed by atoms with Gasteiger partial charge in [0, 0.05) is 0 Å². The minimum absolute atomic E-state index is 0.496. The lowest BCUT2D eigenvalue weighted by Crippen LogP contribution is -2.47. The van der Waals surface area contributed by atoms with Crippen LogP contribution >= 0.6 is 7.92 Å². The van der Waals surface area contributed by atoms with Crippen LogP contribution < -0.4 is 21.1 Å². The van der Waals surface area contributed by atoms with Crippen LogP contribution in [0, 0.1) is 0 Å². The Morgan fingerprint density at radius 1 is 0.565 bits per heavy atom. The molecule has 0 spiro atoms. The van der Waals surface area contributed by atoms with Crippen molar-refractivity contribution in [2.75, 3.05) is 0 Å². The fourth-order valence-electron chi connectivity index (χ4n) is 2.88. The molecular formula is C21H23PSi. The van der Waals surface area contributed by atoms with Gasteiger partial charge >= 0.3 is 0 Å². The highest BCUT2D eigenvalue weighted by Gasteiger charge is 2.25. The number of hydrogen-bond acceptors (Lipinski definition) is 0. The third-order valence-electron chi connectivity index (χ3n) is 3.98. The Balaban J connectivity index is 2.22. The fraction of sp³-hybridized carbons (Fsp3) is 0.143. The molecule has 0 unspecified atom stereocenters. The maximum atomic E-state index is 2.44. The summed E-state index contributed by atoms with van der Waals surface area (Å²) < 4.78 is 0. The van der Waals surface area contributed by atoms with E-state index in [0.29, 0.717) is 0 Å². The summed E-state index contributed by atoms with van der Waals surface area (Å²) in [5.74, 6) is 0. The lowest BCUT2D eigenvalue weighted by Gasteiger charge is -2.27. The lowest BCUT2D eigenvalue weighted by molar-refractivity contribution is 1.71. The minimum Gasteiger partial charge on any atom is -0.0656 e. The van der Waals surface area contributed by atoms with Gasteiger partial charge in [0.05, 0.1) is 8.07 Å². The molecule has 0 saturated heterocycles. The van der Waals surface area contributed by atoms with E-state index in [9.17, 15) is 0 Å². The van der Waals surface area contributed by atoms with Crippen LogP contribution in [0.15, 0.2) is 84.9 Å². The Kier molecular flexibility index (Phi) is 4.80. The van der Waals surface area contributed by atoms with E-state index in [0.717, 1.165) is 0 Å². The van der Waals surface area contributed by atoms with Crippen LogP contribution in [0.2, 0.25) is 19.6 Å². The first-order valence-electron chi connectivity index (χ1n) is 8.07. The SMILES string of the molecule is C[Si](C)(C)c1ccccc1P(c1ccccc1)c1ccccc1. The van der Waals surface area contributed by atoms with E-state index in [1.807, 2.05) is 0 Å². The highest BCUT2D eigenvalue weighted by molar-refractivity contribution is 7.80. The topological polar surface area (TPSA) is 0 Å². The van der Waals surface area contributed by atoms with E-state index in [4.69, 9.17) is 0 Å². The summed E-state index contributed by atoms with van der Waals surface area (Å²) in [5, 5.41) is 5.97. The van der Waals surface area contributed by atoms with E-state index in [1.165, 1.54) is 15.9 Å². The molecule has 0 aliphatic heterocycles. The van der Waals surface area contributed by atoms with E-state index >= 15 is 0 Å². The van der Waals surface area contributed by atoms with Gasteiger partial charge in [-0.25, -0.2) is 0 Å². The van der Waals surface area contributed by atoms with Gasteiger partial charge in [0.15, 0.2) is 0 Å². The molecule has 3 rings (SSSR count). The maximum absolute atomic E-state index is 2.44. The third-order valence-corrected chi connectivity index (χ3v) is 8.75. The molecular weight excluding hydrogens is 311 g/mol. The average Bonchev–Trinajstić information content (AvgIpc) is 2.57. The molecule has 0 bridgehead atoms. The van der Waals surface area contributed by atoms with Crippen LogP contribution in [-0.2, 0) is 0 Å². The molecule has 0 aliphatic rings. The van der Waals surface area contributed by atoms with E-state index in [2.05, 4.69) is 105 Å². The van der Waals surface area contributed by atoms with Crippen LogP contribution in [0.25, 0.3) is 0 Å². The van der Waals surface area contributed by atoms with Gasteiger partial charge in [-0.15, -0.1) is 0 Å². The van der Waals surface area contributed by atoms with Crippen molar-refractivity contribution < 1.29 is 0 Å². The third kappa shape index (κ3) is 3.63. The summed E-state index contributed by atoms with van der Waals surface area (Å²) in [5.41, 5.74) is 0. The Bertz CT molecular complexity index is 721. The Morgan fingerprint density at radius 2 is 1.00 bits per heavy atom. The molecule has 0 amide bonds. The summed E-state index contributed by atoms with van der Waals surface area (Å²) in [6.45, 7) is 7.32. The zero-order chi connectivity index (χ0) is 16.3. The van der Waals surface area contributed by atoms with Crippen molar-refractivity contribution in [2.24, 2.45) is 0 Å². The Labute approximate surface area is 142 Å². The molecule has 0 heterocycles. The smallest absolute Gasteiger partial charge is 0.0656 e. The molecule has 0 saturated carbocycles. The van der Waals surface area contributed by atoms with Crippen LogP contribution in [0.5, 0.6) is 0 Å². The first-order chi connectivity index (χ1) is 11.1. The monoisotopic (exact) mass is 334 g/mol. The molecule has 0 atom stereocenters. The van der Waals surface area contributed by atoms with Gasteiger partial charge in [0.25, 0.3) is 0 Å². The van der Waals surface area contributed by atoms with Gasteiger partial charge in [0.2, 0.25) is 0 Å². The second-order valence-corrected chi connectivity index (χ2v) is 14.0. The molecule has 0 aliphatic carbocycles. The first kappa shape index (κ1) is 16.2. The van der Waals surface area contributed by atoms with Crippen molar-refractivity contribution in [3.05, 3.63) is 84.9 Å². The molecule has 3 aromatic carbocycles. The largest absolute Gasteiger partial charge is 0.0784 e. The van der Waals surface area contributed by atoms with E-state index < -0.39 is 16.0 Å². The predicted octanol–water partition coefficient (Wildman–Crippen LogP) is 3.99. The molecule has 0 radical (unpaired) electrons. The zero-order valence-electron chi connectivity index (χ0n) is 14.0. The summed E-state index contributed by atoms with van der Waals surface area (Å²) in [4.78, 5) is 0. The molecule has 0 N–H and O–H groups in total. The molecule has 0 aromatic heterocycles. The maximum Gasteiger partial charge on any atom is 0.0784 e. The van der Waals surface area contributed by atoms with Crippen LogP contribution in [0.1, 0.15) is 0 Å². The van der Waals surface area contributed by atoms with Crippen molar-refractivity contribution in [1.29, 1.82) is 0 Å². The normalized spacial score (nSPS) is 11.7. The van der Waals surface area contributed by atoms with Crippen molar-refractivity contribution in [2.45, 2.75) is 19.6 Å². The van der Waals surface area contributed by atoms with Crippen molar-refractivity contribution in [3.63, 3.8) is 0 Å². The Morgan fingerprint density at radius 3 is 1.48 bits per heavy atom. The van der Waals surface area contributed by atoms with Gasteiger partial charge < -0.3 is 0 Å². The van der Waals surface area contributed by atoms with Crippen LogP contribution in [0.4, 0.5) is 0 Å². The molecule has 3 aromatic rings. The van der Waals surface area contributed by atoms with Crippen LogP contribution in [0.3, 0.4) is 0 Å². The highest BCUT2D eigenvalue weighted by Crippen LogP contribution is 2.32. The van der Waals surface area contributed by atoms with Gasteiger partial charge in [-0.05, 0) is 23.8 Å². The van der Waals surface area contributed by atoms with Gasteiger partial charge in [-0.1, -0.05) is 110 Å². The minimum atomic E-state index is -1.39. The summed E-state index contributed by atoms with van der Waals surface area (Å²) in [6.07, 6.45) is 0. The molecule has 116 valence electrons. The van der Waals surface area contributed by atoms with E-state index in [-0.39, 0.29) is 0 Å². The summed E-state index contributed by atoms with van der Waals surface area (Å²) >= 11 is 0. The van der Waals surface area contributed by atoms with Crippen molar-refractivity contribution in [3.8, 4) is 0 Å². The molecule has 0 nitrogen and oxygen atoms in total. The predicted molar refractivity (Wildman–Crippen MR) is 108 cm³/mol. The second kappa shape index (κ2) is 6.82. The van der Waals surface area contributed by atoms with Crippen LogP contribution in [-0.4, -0.2) is 8.07 Å². The highest BCUT2D eigenvalue weighted by atomic mass is 31.1. The first-order valence-corrected chi connectivity index (χ1v) is 12.9. The van der Waals surface area contributed by atoms with E-state index in [1.54, 1.807) is 5.19 Å². The Hall–Kier alpha value is -1.69.